The lowest BCUT2D eigenvalue weighted by molar-refractivity contribution is 0.596. The molecule has 0 radical (unpaired) electrons. The second-order valence-electron chi connectivity index (χ2n) is 2.91. The molecule has 0 fully saturated rings. The number of rotatable bonds is 2. The fourth-order valence-electron chi connectivity index (χ4n) is 0.964. The zero-order chi connectivity index (χ0) is 12.7. The molecule has 0 saturated carbocycles. The van der Waals surface area contributed by atoms with Crippen molar-refractivity contribution < 1.29 is 16.8 Å². The Balaban J connectivity index is 3.72. The Morgan fingerprint density at radius 3 is 1.88 bits per heavy atom. The van der Waals surface area contributed by atoms with Gasteiger partial charge in [0.15, 0.2) is 0 Å². The molecule has 0 aromatic heterocycles. The topological polar surface area (TPSA) is 146 Å². The Labute approximate surface area is 97.3 Å². The van der Waals surface area contributed by atoms with Crippen molar-refractivity contribution in [3.8, 4) is 0 Å². The maximum absolute atomic E-state index is 11.1. The lowest BCUT2D eigenvalue weighted by Crippen LogP contribution is -2.17. The number of anilines is 1. The van der Waals surface area contributed by atoms with E-state index >= 15 is 0 Å². The van der Waals surface area contributed by atoms with Crippen LogP contribution < -0.4 is 16.0 Å². The van der Waals surface area contributed by atoms with Crippen LogP contribution in [0.15, 0.2) is 21.9 Å². The first-order valence-corrected chi connectivity index (χ1v) is 7.15. The summed E-state index contributed by atoms with van der Waals surface area (Å²) in [5, 5.41) is 9.32. The van der Waals surface area contributed by atoms with Crippen molar-refractivity contribution in [3.63, 3.8) is 0 Å². The normalized spacial score (nSPS) is 12.7. The maximum Gasteiger partial charge on any atom is 0.239 e. The molecule has 7 nitrogen and oxygen atoms in total. The lowest BCUT2D eigenvalue weighted by atomic mass is 10.3. The zero-order valence-electron chi connectivity index (χ0n) is 7.71. The van der Waals surface area contributed by atoms with E-state index in [1.165, 1.54) is 0 Å². The highest BCUT2D eigenvalue weighted by atomic mass is 35.5. The molecule has 0 spiro atoms. The largest absolute Gasteiger partial charge is 0.397 e. The Hall–Kier alpha value is -0.870. The molecule has 90 valence electrons. The van der Waals surface area contributed by atoms with Crippen molar-refractivity contribution >= 4 is 37.3 Å². The number of hydrogen-bond donors (Lipinski definition) is 3. The fraction of sp³-hybridized carbons (Fsp3) is 0. The molecule has 1 aromatic carbocycles. The van der Waals surface area contributed by atoms with Gasteiger partial charge in [0.05, 0.1) is 15.6 Å². The van der Waals surface area contributed by atoms with Gasteiger partial charge >= 0.3 is 0 Å². The minimum atomic E-state index is -4.17. The quantitative estimate of drug-likeness (QED) is 0.610. The molecule has 0 atom stereocenters. The van der Waals surface area contributed by atoms with E-state index in [0.717, 1.165) is 12.1 Å². The average Bonchev–Trinajstić information content (AvgIpc) is 2.05. The summed E-state index contributed by atoms with van der Waals surface area (Å²) in [5.74, 6) is 0. The number of hydrogen-bond acceptors (Lipinski definition) is 5. The van der Waals surface area contributed by atoms with E-state index in [9.17, 15) is 16.8 Å². The monoisotopic (exact) mass is 285 g/mol. The molecular weight excluding hydrogens is 278 g/mol. The maximum atomic E-state index is 11.1. The summed E-state index contributed by atoms with van der Waals surface area (Å²) in [7, 11) is -8.25. The molecule has 0 aliphatic rings. The third-order valence-corrected chi connectivity index (χ3v) is 4.04. The Bertz CT molecular complexity index is 638. The van der Waals surface area contributed by atoms with Crippen LogP contribution in [-0.4, -0.2) is 16.8 Å². The van der Waals surface area contributed by atoms with Gasteiger partial charge in [-0.25, -0.2) is 27.1 Å². The number of benzene rings is 1. The van der Waals surface area contributed by atoms with Crippen molar-refractivity contribution in [2.45, 2.75) is 9.79 Å². The number of halogens is 1. The minimum Gasteiger partial charge on any atom is -0.397 e. The Morgan fingerprint density at radius 1 is 1.00 bits per heavy atom. The van der Waals surface area contributed by atoms with Crippen molar-refractivity contribution in [2.75, 3.05) is 5.73 Å². The predicted molar refractivity (Wildman–Crippen MR) is 58.6 cm³/mol. The van der Waals surface area contributed by atoms with Gasteiger partial charge in [-0.15, -0.1) is 0 Å². The third-order valence-electron chi connectivity index (χ3n) is 1.68. The van der Waals surface area contributed by atoms with E-state index in [0.29, 0.717) is 0 Å². The summed E-state index contributed by atoms with van der Waals surface area (Å²) < 4.78 is 44.2. The molecule has 0 amide bonds. The Kier molecular flexibility index (Phi) is 3.18. The van der Waals surface area contributed by atoms with E-state index < -0.39 is 29.8 Å². The predicted octanol–water partition coefficient (Wildman–Crippen LogP) is -0.783. The number of nitrogen functional groups attached to an aromatic ring is 1. The molecule has 6 N–H and O–H groups in total. The first-order valence-electron chi connectivity index (χ1n) is 3.68. The van der Waals surface area contributed by atoms with Crippen molar-refractivity contribution in [1.82, 2.24) is 0 Å². The average molecular weight is 286 g/mol. The van der Waals surface area contributed by atoms with Gasteiger partial charge in [-0.3, -0.25) is 0 Å². The number of primary sulfonamides is 2. The second-order valence-corrected chi connectivity index (χ2v) is 6.38. The molecule has 10 heteroatoms. The summed E-state index contributed by atoms with van der Waals surface area (Å²) in [6.45, 7) is 0. The molecular formula is C6H8ClN3O4S2. The first-order chi connectivity index (χ1) is 7.03. The van der Waals surface area contributed by atoms with Gasteiger partial charge in [-0.2, -0.15) is 0 Å². The lowest BCUT2D eigenvalue weighted by Gasteiger charge is -2.07. The summed E-state index contributed by atoms with van der Waals surface area (Å²) in [5.41, 5.74) is 5.10. The standard InChI is InChI=1S/C6H8ClN3O4S2/c7-6-4(8)1-3(15(9,11)12)2-5(6)16(10,13)14/h1-2H,8H2,(H2,9,11,12)(H2,10,13,14). The van der Waals surface area contributed by atoms with Gasteiger partial charge in [-0.05, 0) is 12.1 Å². The van der Waals surface area contributed by atoms with Crippen LogP contribution in [0.5, 0.6) is 0 Å². The molecule has 0 unspecified atom stereocenters. The molecule has 0 aliphatic carbocycles. The number of sulfonamides is 2. The van der Waals surface area contributed by atoms with E-state index in [1.54, 1.807) is 0 Å². The first kappa shape index (κ1) is 13.2. The molecule has 0 heterocycles. The molecule has 0 saturated heterocycles. The summed E-state index contributed by atoms with van der Waals surface area (Å²) in [4.78, 5) is -1.06. The van der Waals surface area contributed by atoms with Gasteiger partial charge in [0.1, 0.15) is 4.90 Å². The van der Waals surface area contributed by atoms with Gasteiger partial charge in [0.25, 0.3) is 0 Å². The van der Waals surface area contributed by atoms with Gasteiger partial charge < -0.3 is 5.73 Å². The SMILES string of the molecule is Nc1cc(S(N)(=O)=O)cc(S(N)(=O)=O)c1Cl. The van der Waals surface area contributed by atoms with Gasteiger partial charge in [0, 0.05) is 0 Å². The van der Waals surface area contributed by atoms with E-state index in [2.05, 4.69) is 0 Å². The van der Waals surface area contributed by atoms with Crippen LogP contribution in [0.2, 0.25) is 5.02 Å². The zero-order valence-corrected chi connectivity index (χ0v) is 10.1. The van der Waals surface area contributed by atoms with E-state index in [1.807, 2.05) is 0 Å². The van der Waals surface area contributed by atoms with Gasteiger partial charge in [-0.1, -0.05) is 11.6 Å². The highest BCUT2D eigenvalue weighted by Crippen LogP contribution is 2.29. The highest BCUT2D eigenvalue weighted by molar-refractivity contribution is 7.90. The van der Waals surface area contributed by atoms with E-state index in [4.69, 9.17) is 27.6 Å². The molecule has 0 aliphatic heterocycles. The van der Waals surface area contributed by atoms with Crippen LogP contribution in [0, 0.1) is 0 Å². The minimum absolute atomic E-state index is 0.239. The Morgan fingerprint density at radius 2 is 1.50 bits per heavy atom. The molecule has 16 heavy (non-hydrogen) atoms. The van der Waals surface area contributed by atoms with E-state index in [-0.39, 0.29) is 10.7 Å². The molecule has 1 rings (SSSR count). The smallest absolute Gasteiger partial charge is 0.239 e. The molecule has 1 aromatic rings. The van der Waals surface area contributed by atoms with Crippen molar-refractivity contribution in [3.05, 3.63) is 17.2 Å². The second kappa shape index (κ2) is 3.86. The summed E-state index contributed by atoms with van der Waals surface area (Å²) >= 11 is 5.58. The van der Waals surface area contributed by atoms with Gasteiger partial charge in [0.2, 0.25) is 20.0 Å². The third kappa shape index (κ3) is 2.62. The van der Waals surface area contributed by atoms with Crippen LogP contribution in [0.4, 0.5) is 5.69 Å². The van der Waals surface area contributed by atoms with Crippen LogP contribution in [-0.2, 0) is 20.0 Å². The number of nitrogens with two attached hydrogens (primary N) is 3. The summed E-state index contributed by atoms with van der Waals surface area (Å²) in [6, 6.07) is 1.70. The highest BCUT2D eigenvalue weighted by Gasteiger charge is 2.20. The fourth-order valence-corrected chi connectivity index (χ4v) is 2.70. The van der Waals surface area contributed by atoms with Crippen LogP contribution in [0.3, 0.4) is 0 Å². The van der Waals surface area contributed by atoms with Crippen LogP contribution >= 0.6 is 11.6 Å². The van der Waals surface area contributed by atoms with Crippen molar-refractivity contribution in [2.24, 2.45) is 10.3 Å². The summed E-state index contributed by atoms with van der Waals surface area (Å²) in [6.07, 6.45) is 0. The van der Waals surface area contributed by atoms with Crippen LogP contribution in [0.25, 0.3) is 0 Å². The van der Waals surface area contributed by atoms with Crippen LogP contribution in [0.1, 0.15) is 0 Å². The molecule has 0 bridgehead atoms. The van der Waals surface area contributed by atoms with Crippen molar-refractivity contribution in [1.29, 1.82) is 0 Å².